The molecule has 0 aliphatic carbocycles. The molecule has 0 aliphatic rings. The number of nitrogens with one attached hydrogen (secondary N) is 1. The van der Waals surface area contributed by atoms with Crippen LogP contribution in [0.3, 0.4) is 0 Å². The molecule has 2 aromatic rings. The average Bonchev–Trinajstić information content (AvgIpc) is 2.54. The van der Waals surface area contributed by atoms with Crippen LogP contribution in [0.15, 0.2) is 41.3 Å². The molecule has 0 unspecified atom stereocenters. The highest BCUT2D eigenvalue weighted by Gasteiger charge is 2.22. The van der Waals surface area contributed by atoms with Gasteiger partial charge < -0.3 is 9.47 Å². The molecule has 0 amide bonds. The second-order valence-electron chi connectivity index (χ2n) is 4.77. The fourth-order valence-corrected chi connectivity index (χ4v) is 3.31. The van der Waals surface area contributed by atoms with E-state index in [9.17, 15) is 8.42 Å². The van der Waals surface area contributed by atoms with E-state index in [0.29, 0.717) is 17.0 Å². The van der Waals surface area contributed by atoms with Crippen LogP contribution in [0.25, 0.3) is 0 Å². The maximum absolute atomic E-state index is 12.6. The lowest BCUT2D eigenvalue weighted by Gasteiger charge is -2.14. The van der Waals surface area contributed by atoms with Gasteiger partial charge in [0.15, 0.2) is 0 Å². The Labute approximate surface area is 135 Å². The topological polar surface area (TPSA) is 88.4 Å². The monoisotopic (exact) mass is 332 g/mol. The van der Waals surface area contributed by atoms with Crippen molar-refractivity contribution in [3.8, 4) is 17.6 Å². The highest BCUT2D eigenvalue weighted by Crippen LogP contribution is 2.32. The molecule has 7 heteroatoms. The molecule has 23 heavy (non-hydrogen) atoms. The first-order chi connectivity index (χ1) is 10.9. The van der Waals surface area contributed by atoms with E-state index in [4.69, 9.17) is 14.7 Å². The zero-order valence-corrected chi connectivity index (χ0v) is 13.8. The van der Waals surface area contributed by atoms with Crippen molar-refractivity contribution in [2.45, 2.75) is 11.8 Å². The van der Waals surface area contributed by atoms with E-state index in [0.717, 1.165) is 5.56 Å². The smallest absolute Gasteiger partial charge is 0.265 e. The summed E-state index contributed by atoms with van der Waals surface area (Å²) in [5.74, 6) is 0.657. The van der Waals surface area contributed by atoms with Crippen LogP contribution < -0.4 is 14.2 Å². The Morgan fingerprint density at radius 3 is 2.39 bits per heavy atom. The maximum Gasteiger partial charge on any atom is 0.265 e. The predicted molar refractivity (Wildman–Crippen MR) is 86.2 cm³/mol. The molecule has 0 heterocycles. The summed E-state index contributed by atoms with van der Waals surface area (Å²) in [6.45, 7) is 1.79. The quantitative estimate of drug-likeness (QED) is 0.909. The van der Waals surface area contributed by atoms with Crippen LogP contribution >= 0.6 is 0 Å². The summed E-state index contributed by atoms with van der Waals surface area (Å²) in [4.78, 5) is -0.0372. The second-order valence-corrected chi connectivity index (χ2v) is 6.42. The van der Waals surface area contributed by atoms with Gasteiger partial charge in [-0.25, -0.2) is 8.42 Å². The van der Waals surface area contributed by atoms with Crippen LogP contribution in [0.1, 0.15) is 11.1 Å². The van der Waals surface area contributed by atoms with E-state index < -0.39 is 10.0 Å². The van der Waals surface area contributed by atoms with Crippen molar-refractivity contribution >= 4 is 15.7 Å². The predicted octanol–water partition coefficient (Wildman–Crippen LogP) is 2.68. The van der Waals surface area contributed by atoms with E-state index in [1.165, 1.54) is 26.4 Å². The van der Waals surface area contributed by atoms with Crippen molar-refractivity contribution in [1.82, 2.24) is 0 Å². The molecule has 6 nitrogen and oxygen atoms in total. The number of nitrogens with zero attached hydrogens (tertiary/aromatic N) is 1. The van der Waals surface area contributed by atoms with E-state index in [-0.39, 0.29) is 10.6 Å². The van der Waals surface area contributed by atoms with Crippen LogP contribution in [0.4, 0.5) is 5.69 Å². The van der Waals surface area contributed by atoms with Crippen LogP contribution in [-0.2, 0) is 10.0 Å². The number of sulfonamides is 1. The van der Waals surface area contributed by atoms with Gasteiger partial charge in [-0.3, -0.25) is 4.72 Å². The molecular weight excluding hydrogens is 316 g/mol. The third kappa shape index (κ3) is 3.55. The van der Waals surface area contributed by atoms with Gasteiger partial charge >= 0.3 is 0 Å². The van der Waals surface area contributed by atoms with E-state index in [1.54, 1.807) is 31.2 Å². The third-order valence-corrected chi connectivity index (χ3v) is 4.62. The minimum absolute atomic E-state index is 0.0372. The van der Waals surface area contributed by atoms with Gasteiger partial charge in [0, 0.05) is 6.07 Å². The number of methoxy groups -OCH3 is 2. The van der Waals surface area contributed by atoms with E-state index >= 15 is 0 Å². The Hall–Kier alpha value is -2.72. The number of hydrogen-bond donors (Lipinski definition) is 1. The van der Waals surface area contributed by atoms with Crippen molar-refractivity contribution in [2.75, 3.05) is 18.9 Å². The molecule has 0 radical (unpaired) electrons. The number of benzene rings is 2. The summed E-state index contributed by atoms with van der Waals surface area (Å²) >= 11 is 0. The van der Waals surface area contributed by atoms with Gasteiger partial charge in [-0.05, 0) is 36.8 Å². The van der Waals surface area contributed by atoms with Gasteiger partial charge in [0.05, 0.1) is 31.5 Å². The van der Waals surface area contributed by atoms with Crippen molar-refractivity contribution in [3.63, 3.8) is 0 Å². The fraction of sp³-hybridized carbons (Fsp3) is 0.188. The van der Waals surface area contributed by atoms with Crippen LogP contribution in [-0.4, -0.2) is 22.6 Å². The fourth-order valence-electron chi connectivity index (χ4n) is 2.09. The molecular formula is C16H16N2O4S. The van der Waals surface area contributed by atoms with Crippen molar-refractivity contribution in [3.05, 3.63) is 47.5 Å². The molecule has 0 atom stereocenters. The van der Waals surface area contributed by atoms with Gasteiger partial charge in [0.25, 0.3) is 10.0 Å². The first-order valence-corrected chi connectivity index (χ1v) is 8.15. The summed E-state index contributed by atoms with van der Waals surface area (Å²) in [5, 5.41) is 8.89. The zero-order chi connectivity index (χ0) is 17.0. The molecule has 0 aromatic heterocycles. The Morgan fingerprint density at radius 2 is 1.78 bits per heavy atom. The molecule has 1 N–H and O–H groups in total. The molecule has 0 saturated heterocycles. The van der Waals surface area contributed by atoms with Gasteiger partial charge in [-0.15, -0.1) is 0 Å². The summed E-state index contributed by atoms with van der Waals surface area (Å²) < 4.78 is 38.0. The number of rotatable bonds is 5. The van der Waals surface area contributed by atoms with E-state index in [1.807, 2.05) is 6.07 Å². The normalized spacial score (nSPS) is 10.7. The molecule has 2 aromatic carbocycles. The molecule has 0 bridgehead atoms. The Balaban J connectivity index is 2.49. The number of ether oxygens (including phenoxy) is 2. The first kappa shape index (κ1) is 16.6. The Kier molecular flexibility index (Phi) is 4.77. The molecule has 0 saturated carbocycles. The van der Waals surface area contributed by atoms with Crippen LogP contribution in [0.5, 0.6) is 11.5 Å². The van der Waals surface area contributed by atoms with Gasteiger partial charge in [0.2, 0.25) is 0 Å². The summed E-state index contributed by atoms with van der Waals surface area (Å²) in [6.07, 6.45) is 0. The lowest BCUT2D eigenvalue weighted by atomic mass is 10.2. The minimum atomic E-state index is -3.89. The van der Waals surface area contributed by atoms with E-state index in [2.05, 4.69) is 4.72 Å². The number of aryl methyl sites for hydroxylation is 1. The Morgan fingerprint density at radius 1 is 1.09 bits per heavy atom. The molecule has 0 spiro atoms. The summed E-state index contributed by atoms with van der Waals surface area (Å²) in [6, 6.07) is 11.2. The SMILES string of the molecule is COc1cc(S(=O)(=O)Nc2cccc(C#N)c2)c(OC)cc1C. The van der Waals surface area contributed by atoms with Gasteiger partial charge in [0.1, 0.15) is 16.4 Å². The number of anilines is 1. The largest absolute Gasteiger partial charge is 0.496 e. The Bertz CT molecular complexity index is 870. The summed E-state index contributed by atoms with van der Waals surface area (Å²) in [7, 11) is -1.03. The second kappa shape index (κ2) is 6.58. The number of hydrogen-bond acceptors (Lipinski definition) is 5. The zero-order valence-electron chi connectivity index (χ0n) is 13.0. The van der Waals surface area contributed by atoms with Crippen molar-refractivity contribution < 1.29 is 17.9 Å². The van der Waals surface area contributed by atoms with Gasteiger partial charge in [-0.1, -0.05) is 6.07 Å². The van der Waals surface area contributed by atoms with Crippen molar-refractivity contribution in [2.24, 2.45) is 0 Å². The minimum Gasteiger partial charge on any atom is -0.496 e. The standard InChI is InChI=1S/C16H16N2O4S/c1-11-7-15(22-3)16(9-14(11)21-2)23(19,20)18-13-6-4-5-12(8-13)10-17/h4-9,18H,1-3H3. The van der Waals surface area contributed by atoms with Crippen LogP contribution in [0, 0.1) is 18.3 Å². The molecule has 0 aliphatic heterocycles. The van der Waals surface area contributed by atoms with Crippen molar-refractivity contribution in [1.29, 1.82) is 5.26 Å². The highest BCUT2D eigenvalue weighted by atomic mass is 32.2. The maximum atomic E-state index is 12.6. The number of nitriles is 1. The lowest BCUT2D eigenvalue weighted by molar-refractivity contribution is 0.390. The first-order valence-electron chi connectivity index (χ1n) is 6.67. The third-order valence-electron chi connectivity index (χ3n) is 3.21. The lowest BCUT2D eigenvalue weighted by Crippen LogP contribution is -2.14. The van der Waals surface area contributed by atoms with Crippen LogP contribution in [0.2, 0.25) is 0 Å². The van der Waals surface area contributed by atoms with Gasteiger partial charge in [-0.2, -0.15) is 5.26 Å². The molecule has 2 rings (SSSR count). The molecule has 120 valence electrons. The molecule has 0 fully saturated rings. The highest BCUT2D eigenvalue weighted by molar-refractivity contribution is 7.92. The summed E-state index contributed by atoms with van der Waals surface area (Å²) in [5.41, 5.74) is 1.42. The average molecular weight is 332 g/mol.